The first-order valence-corrected chi connectivity index (χ1v) is 10.9. The molecular formula is C21H28N2O3S. The summed E-state index contributed by atoms with van der Waals surface area (Å²) in [6.07, 6.45) is 1.11. The van der Waals surface area contributed by atoms with Crippen LogP contribution in [0.2, 0.25) is 0 Å². The quantitative estimate of drug-likeness (QED) is 0.785. The number of benzene rings is 2. The van der Waals surface area contributed by atoms with Crippen LogP contribution >= 0.6 is 0 Å². The lowest BCUT2D eigenvalue weighted by Gasteiger charge is -2.24. The first-order chi connectivity index (χ1) is 12.6. The van der Waals surface area contributed by atoms with Crippen molar-refractivity contribution < 1.29 is 13.2 Å². The van der Waals surface area contributed by atoms with Crippen LogP contribution in [0.3, 0.4) is 0 Å². The molecule has 0 aliphatic rings. The zero-order valence-electron chi connectivity index (χ0n) is 16.6. The molecule has 146 valence electrons. The van der Waals surface area contributed by atoms with Crippen LogP contribution in [0.1, 0.15) is 49.4 Å². The van der Waals surface area contributed by atoms with Crippen molar-refractivity contribution >= 4 is 21.6 Å². The topological polar surface area (TPSA) is 66.5 Å². The van der Waals surface area contributed by atoms with Gasteiger partial charge in [0.15, 0.2) is 0 Å². The Labute approximate surface area is 162 Å². The second-order valence-corrected chi connectivity index (χ2v) is 9.07. The molecule has 6 heteroatoms. The minimum absolute atomic E-state index is 0.211. The number of nitrogens with one attached hydrogen (secondary N) is 1. The number of anilines is 1. The Morgan fingerprint density at radius 3 is 2.07 bits per heavy atom. The van der Waals surface area contributed by atoms with E-state index in [9.17, 15) is 13.2 Å². The number of para-hydroxylation sites is 1. The van der Waals surface area contributed by atoms with Crippen LogP contribution in [0.4, 0.5) is 5.69 Å². The fourth-order valence-corrected chi connectivity index (χ4v) is 3.81. The Bertz CT molecular complexity index is 890. The number of sulfonamides is 1. The number of nitrogens with zero attached hydrogens (tertiary/aromatic N) is 1. The molecule has 1 atom stereocenters. The molecular weight excluding hydrogens is 360 g/mol. The SMILES string of the molecule is Cc1ccccc1N(CC(=O)NC(C)c1ccc(C(C)C)cc1)S(C)(=O)=O. The molecule has 0 aliphatic heterocycles. The minimum Gasteiger partial charge on any atom is -0.348 e. The molecule has 0 aromatic heterocycles. The molecule has 5 nitrogen and oxygen atoms in total. The zero-order valence-corrected chi connectivity index (χ0v) is 17.4. The molecule has 1 N–H and O–H groups in total. The lowest BCUT2D eigenvalue weighted by molar-refractivity contribution is -0.120. The number of amides is 1. The molecule has 0 spiro atoms. The molecule has 0 fully saturated rings. The Morgan fingerprint density at radius 2 is 1.56 bits per heavy atom. The number of hydrogen-bond donors (Lipinski definition) is 1. The summed E-state index contributed by atoms with van der Waals surface area (Å²) in [6.45, 7) is 7.72. The lowest BCUT2D eigenvalue weighted by atomic mass is 9.99. The van der Waals surface area contributed by atoms with Gasteiger partial charge < -0.3 is 5.32 Å². The molecule has 27 heavy (non-hydrogen) atoms. The Morgan fingerprint density at radius 1 is 1.00 bits per heavy atom. The first-order valence-electron chi connectivity index (χ1n) is 9.02. The Kier molecular flexibility index (Phi) is 6.65. The summed E-state index contributed by atoms with van der Waals surface area (Å²) in [5, 5.41) is 2.89. The summed E-state index contributed by atoms with van der Waals surface area (Å²) in [5.41, 5.74) is 3.53. The highest BCUT2D eigenvalue weighted by atomic mass is 32.2. The van der Waals surface area contributed by atoms with Crippen molar-refractivity contribution in [3.63, 3.8) is 0 Å². The van der Waals surface area contributed by atoms with Gasteiger partial charge in [0.1, 0.15) is 6.54 Å². The minimum atomic E-state index is -3.58. The summed E-state index contributed by atoms with van der Waals surface area (Å²) in [4.78, 5) is 12.5. The molecule has 0 bridgehead atoms. The van der Waals surface area contributed by atoms with E-state index in [2.05, 4.69) is 31.3 Å². The molecule has 2 aromatic carbocycles. The predicted molar refractivity (Wildman–Crippen MR) is 110 cm³/mol. The standard InChI is InChI=1S/C21H28N2O3S/c1-15(2)18-10-12-19(13-11-18)17(4)22-21(24)14-23(27(5,25)26)20-9-7-6-8-16(20)3/h6-13,15,17H,14H2,1-5H3,(H,22,24). The van der Waals surface area contributed by atoms with Gasteiger partial charge in [-0.2, -0.15) is 0 Å². The van der Waals surface area contributed by atoms with Crippen molar-refractivity contribution in [3.05, 3.63) is 65.2 Å². The molecule has 1 unspecified atom stereocenters. The molecule has 1 amide bonds. The van der Waals surface area contributed by atoms with Gasteiger partial charge in [0, 0.05) is 0 Å². The van der Waals surface area contributed by atoms with Crippen molar-refractivity contribution in [1.29, 1.82) is 0 Å². The van der Waals surface area contributed by atoms with E-state index in [0.717, 1.165) is 21.7 Å². The van der Waals surface area contributed by atoms with Crippen molar-refractivity contribution in [1.82, 2.24) is 5.32 Å². The summed E-state index contributed by atoms with van der Waals surface area (Å²) < 4.78 is 25.6. The van der Waals surface area contributed by atoms with E-state index in [1.165, 1.54) is 5.56 Å². The third kappa shape index (κ3) is 5.57. The van der Waals surface area contributed by atoms with Gasteiger partial charge >= 0.3 is 0 Å². The van der Waals surface area contributed by atoms with E-state index in [1.807, 2.05) is 38.1 Å². The average Bonchev–Trinajstić information content (AvgIpc) is 2.59. The molecule has 0 radical (unpaired) electrons. The van der Waals surface area contributed by atoms with Gasteiger partial charge in [-0.1, -0.05) is 56.3 Å². The fraction of sp³-hybridized carbons (Fsp3) is 0.381. The molecule has 0 saturated carbocycles. The number of aryl methyl sites for hydroxylation is 1. The maximum absolute atomic E-state index is 12.5. The normalized spacial score (nSPS) is 12.7. The fourth-order valence-electron chi connectivity index (χ4n) is 2.89. The molecule has 2 rings (SSSR count). The van der Waals surface area contributed by atoms with Crippen LogP contribution in [0.25, 0.3) is 0 Å². The maximum atomic E-state index is 12.5. The number of carbonyl (C=O) groups excluding carboxylic acids is 1. The van der Waals surface area contributed by atoms with Crippen LogP contribution in [0, 0.1) is 6.92 Å². The number of carbonyl (C=O) groups is 1. The highest BCUT2D eigenvalue weighted by Crippen LogP contribution is 2.22. The smallest absolute Gasteiger partial charge is 0.241 e. The van der Waals surface area contributed by atoms with Gasteiger partial charge in [0.25, 0.3) is 0 Å². The van der Waals surface area contributed by atoms with Crippen LogP contribution in [0.15, 0.2) is 48.5 Å². The van der Waals surface area contributed by atoms with E-state index in [0.29, 0.717) is 11.6 Å². The van der Waals surface area contributed by atoms with Crippen molar-refractivity contribution in [3.8, 4) is 0 Å². The average molecular weight is 389 g/mol. The highest BCUT2D eigenvalue weighted by Gasteiger charge is 2.23. The maximum Gasteiger partial charge on any atom is 0.241 e. The van der Waals surface area contributed by atoms with Crippen LogP contribution in [0.5, 0.6) is 0 Å². The predicted octanol–water partition coefficient (Wildman–Crippen LogP) is 3.76. The van der Waals surface area contributed by atoms with E-state index in [-0.39, 0.29) is 18.5 Å². The largest absolute Gasteiger partial charge is 0.348 e. The van der Waals surface area contributed by atoms with Crippen molar-refractivity contribution in [2.45, 2.75) is 39.7 Å². The molecule has 0 heterocycles. The molecule has 2 aromatic rings. The van der Waals surface area contributed by atoms with Crippen molar-refractivity contribution in [2.24, 2.45) is 0 Å². The highest BCUT2D eigenvalue weighted by molar-refractivity contribution is 7.92. The van der Waals surface area contributed by atoms with Gasteiger partial charge in [-0.05, 0) is 42.5 Å². The van der Waals surface area contributed by atoms with E-state index in [1.54, 1.807) is 12.1 Å². The summed E-state index contributed by atoms with van der Waals surface area (Å²) in [5.74, 6) is 0.102. The first kappa shape index (κ1) is 21.0. The van der Waals surface area contributed by atoms with E-state index >= 15 is 0 Å². The monoisotopic (exact) mass is 388 g/mol. The second-order valence-electron chi connectivity index (χ2n) is 7.17. The number of hydrogen-bond acceptors (Lipinski definition) is 3. The van der Waals surface area contributed by atoms with Crippen LogP contribution in [-0.4, -0.2) is 27.1 Å². The van der Waals surface area contributed by atoms with Gasteiger partial charge in [-0.25, -0.2) is 8.42 Å². The summed E-state index contributed by atoms with van der Waals surface area (Å²) in [7, 11) is -3.58. The Balaban J connectivity index is 2.13. The van der Waals surface area contributed by atoms with Crippen LogP contribution in [-0.2, 0) is 14.8 Å². The van der Waals surface area contributed by atoms with Gasteiger partial charge in [0.05, 0.1) is 18.0 Å². The molecule has 0 saturated heterocycles. The third-order valence-corrected chi connectivity index (χ3v) is 5.68. The van der Waals surface area contributed by atoms with Gasteiger partial charge in [-0.3, -0.25) is 9.10 Å². The summed E-state index contributed by atoms with van der Waals surface area (Å²) in [6, 6.07) is 15.0. The van der Waals surface area contributed by atoms with Crippen molar-refractivity contribution in [2.75, 3.05) is 17.1 Å². The van der Waals surface area contributed by atoms with Crippen LogP contribution < -0.4 is 9.62 Å². The Hall–Kier alpha value is -2.34. The van der Waals surface area contributed by atoms with Gasteiger partial charge in [-0.15, -0.1) is 0 Å². The zero-order chi connectivity index (χ0) is 20.2. The third-order valence-electron chi connectivity index (χ3n) is 4.55. The second kappa shape index (κ2) is 8.57. The molecule has 0 aliphatic carbocycles. The lowest BCUT2D eigenvalue weighted by Crippen LogP contribution is -2.41. The summed E-state index contributed by atoms with van der Waals surface area (Å²) >= 11 is 0. The number of rotatable bonds is 7. The van der Waals surface area contributed by atoms with Gasteiger partial charge in [0.2, 0.25) is 15.9 Å². The van der Waals surface area contributed by atoms with E-state index < -0.39 is 10.0 Å². The van der Waals surface area contributed by atoms with E-state index in [4.69, 9.17) is 0 Å².